The number of carboxylic acids is 1. The third kappa shape index (κ3) is 2.22. The van der Waals surface area contributed by atoms with Crippen LogP contribution in [0.5, 0.6) is 0 Å². The Morgan fingerprint density at radius 3 is 2.65 bits per heavy atom. The predicted molar refractivity (Wildman–Crippen MR) is 71.8 cm³/mol. The summed E-state index contributed by atoms with van der Waals surface area (Å²) in [4.78, 5) is 17.0. The SMILES string of the molecule is O=C(O)c1cccc2oc(N3CCS(=O)(=O)CC3)nc12. The average molecular weight is 296 g/mol. The lowest BCUT2D eigenvalue weighted by Gasteiger charge is -2.24. The molecule has 106 valence electrons. The minimum atomic E-state index is -2.98. The van der Waals surface area contributed by atoms with Crippen molar-refractivity contribution in [3.63, 3.8) is 0 Å². The molecule has 1 aliphatic rings. The smallest absolute Gasteiger partial charge is 0.338 e. The first kappa shape index (κ1) is 12.9. The lowest BCUT2D eigenvalue weighted by Crippen LogP contribution is -2.40. The molecule has 1 saturated heterocycles. The van der Waals surface area contributed by atoms with Crippen LogP contribution in [-0.4, -0.2) is 49.1 Å². The van der Waals surface area contributed by atoms with Gasteiger partial charge in [0.15, 0.2) is 15.4 Å². The van der Waals surface area contributed by atoms with Gasteiger partial charge >= 0.3 is 5.97 Å². The van der Waals surface area contributed by atoms with Gasteiger partial charge in [-0.25, -0.2) is 13.2 Å². The van der Waals surface area contributed by atoms with E-state index in [1.165, 1.54) is 6.07 Å². The van der Waals surface area contributed by atoms with Crippen LogP contribution < -0.4 is 4.90 Å². The van der Waals surface area contributed by atoms with Gasteiger partial charge in [0.1, 0.15) is 5.52 Å². The molecule has 0 saturated carbocycles. The van der Waals surface area contributed by atoms with Crippen LogP contribution in [0.25, 0.3) is 11.1 Å². The van der Waals surface area contributed by atoms with E-state index in [1.54, 1.807) is 17.0 Å². The van der Waals surface area contributed by atoms with Crippen LogP contribution in [0.4, 0.5) is 6.01 Å². The summed E-state index contributed by atoms with van der Waals surface area (Å²) in [6.45, 7) is 0.606. The number of rotatable bonds is 2. The molecule has 0 radical (unpaired) electrons. The molecule has 1 N–H and O–H groups in total. The van der Waals surface area contributed by atoms with Gasteiger partial charge in [0, 0.05) is 13.1 Å². The largest absolute Gasteiger partial charge is 0.478 e. The molecule has 1 aromatic carbocycles. The number of carboxylic acid groups (broad SMARTS) is 1. The van der Waals surface area contributed by atoms with Gasteiger partial charge in [0.25, 0.3) is 6.01 Å². The number of para-hydroxylation sites is 1. The van der Waals surface area contributed by atoms with Gasteiger partial charge in [0.2, 0.25) is 0 Å². The highest BCUT2D eigenvalue weighted by Gasteiger charge is 2.25. The van der Waals surface area contributed by atoms with Crippen molar-refractivity contribution < 1.29 is 22.7 Å². The molecule has 1 aromatic heterocycles. The van der Waals surface area contributed by atoms with E-state index in [1.807, 2.05) is 0 Å². The molecule has 20 heavy (non-hydrogen) atoms. The number of sulfone groups is 1. The highest BCUT2D eigenvalue weighted by atomic mass is 32.2. The Morgan fingerprint density at radius 1 is 1.30 bits per heavy atom. The molecular formula is C12H12N2O5S. The molecule has 2 heterocycles. The Hall–Kier alpha value is -2.09. The number of benzene rings is 1. The molecule has 0 atom stereocenters. The van der Waals surface area contributed by atoms with Gasteiger partial charge in [-0.05, 0) is 12.1 Å². The van der Waals surface area contributed by atoms with Gasteiger partial charge < -0.3 is 14.4 Å². The van der Waals surface area contributed by atoms with E-state index < -0.39 is 15.8 Å². The van der Waals surface area contributed by atoms with Crippen molar-refractivity contribution in [1.82, 2.24) is 4.98 Å². The van der Waals surface area contributed by atoms with Crippen LogP contribution in [0.3, 0.4) is 0 Å². The van der Waals surface area contributed by atoms with Crippen molar-refractivity contribution >= 4 is 32.9 Å². The maximum atomic E-state index is 11.4. The fourth-order valence-electron chi connectivity index (χ4n) is 2.15. The van der Waals surface area contributed by atoms with Gasteiger partial charge in [-0.2, -0.15) is 4.98 Å². The number of hydrogen-bond donors (Lipinski definition) is 1. The second kappa shape index (κ2) is 4.48. The van der Waals surface area contributed by atoms with Gasteiger partial charge in [0.05, 0.1) is 17.1 Å². The van der Waals surface area contributed by atoms with E-state index in [4.69, 9.17) is 9.52 Å². The third-order valence-corrected chi connectivity index (χ3v) is 4.86. The van der Waals surface area contributed by atoms with Crippen LogP contribution in [-0.2, 0) is 9.84 Å². The minimum Gasteiger partial charge on any atom is -0.478 e. The molecule has 7 nitrogen and oxygen atoms in total. The topological polar surface area (TPSA) is 101 Å². The van der Waals surface area contributed by atoms with Crippen molar-refractivity contribution in [2.24, 2.45) is 0 Å². The predicted octanol–water partition coefficient (Wildman–Crippen LogP) is 0.761. The summed E-state index contributed by atoms with van der Waals surface area (Å²) in [5, 5.41) is 9.10. The fraction of sp³-hybridized carbons (Fsp3) is 0.333. The maximum absolute atomic E-state index is 11.4. The number of aromatic nitrogens is 1. The Morgan fingerprint density at radius 2 is 2.00 bits per heavy atom. The normalized spacial score (nSPS) is 18.3. The molecule has 0 amide bonds. The van der Waals surface area contributed by atoms with Gasteiger partial charge in [-0.3, -0.25) is 0 Å². The Balaban J connectivity index is 1.98. The van der Waals surface area contributed by atoms with Crippen LogP contribution in [0.15, 0.2) is 22.6 Å². The Kier molecular flexibility index (Phi) is 2.89. The number of oxazole rings is 1. The van der Waals surface area contributed by atoms with Crippen molar-refractivity contribution in [3.8, 4) is 0 Å². The molecule has 1 aliphatic heterocycles. The highest BCUT2D eigenvalue weighted by molar-refractivity contribution is 7.91. The molecular weight excluding hydrogens is 284 g/mol. The van der Waals surface area contributed by atoms with Gasteiger partial charge in [-0.1, -0.05) is 6.07 Å². The number of hydrogen-bond acceptors (Lipinski definition) is 6. The Bertz CT molecular complexity index is 766. The Labute approximate surface area is 114 Å². The van der Waals surface area contributed by atoms with Crippen molar-refractivity contribution in [2.75, 3.05) is 29.5 Å². The molecule has 0 spiro atoms. The van der Waals surface area contributed by atoms with Crippen LogP contribution in [0.1, 0.15) is 10.4 Å². The summed E-state index contributed by atoms with van der Waals surface area (Å²) in [6.07, 6.45) is 0. The minimum absolute atomic E-state index is 0.0531. The standard InChI is InChI=1S/C12H12N2O5S/c15-11(16)8-2-1-3-9-10(8)13-12(19-9)14-4-6-20(17,18)7-5-14/h1-3H,4-7H2,(H,15,16). The number of fused-ring (bicyclic) bond motifs is 1. The molecule has 0 unspecified atom stereocenters. The van der Waals surface area contributed by atoms with E-state index in [0.29, 0.717) is 18.7 Å². The zero-order chi connectivity index (χ0) is 14.3. The molecule has 8 heteroatoms. The van der Waals surface area contributed by atoms with Gasteiger partial charge in [-0.15, -0.1) is 0 Å². The maximum Gasteiger partial charge on any atom is 0.338 e. The quantitative estimate of drug-likeness (QED) is 0.873. The highest BCUT2D eigenvalue weighted by Crippen LogP contribution is 2.25. The first-order chi connectivity index (χ1) is 9.46. The summed E-state index contributed by atoms with van der Waals surface area (Å²) >= 11 is 0. The summed E-state index contributed by atoms with van der Waals surface area (Å²) < 4.78 is 28.3. The first-order valence-corrected chi connectivity index (χ1v) is 7.87. The van der Waals surface area contributed by atoms with Crippen LogP contribution >= 0.6 is 0 Å². The second-order valence-electron chi connectivity index (χ2n) is 4.59. The zero-order valence-electron chi connectivity index (χ0n) is 10.4. The third-order valence-electron chi connectivity index (χ3n) is 3.25. The number of carbonyl (C=O) groups is 1. The molecule has 1 fully saturated rings. The second-order valence-corrected chi connectivity index (χ2v) is 6.90. The molecule has 0 bridgehead atoms. The van der Waals surface area contributed by atoms with E-state index >= 15 is 0 Å². The summed E-state index contributed by atoms with van der Waals surface area (Å²) in [5.74, 6) is -0.966. The van der Waals surface area contributed by atoms with E-state index in [0.717, 1.165) is 0 Å². The number of aromatic carboxylic acids is 1. The average Bonchev–Trinajstić information content (AvgIpc) is 2.81. The fourth-order valence-corrected chi connectivity index (χ4v) is 3.35. The number of anilines is 1. The molecule has 0 aliphatic carbocycles. The monoisotopic (exact) mass is 296 g/mol. The zero-order valence-corrected chi connectivity index (χ0v) is 11.3. The lowest BCUT2D eigenvalue weighted by atomic mass is 10.2. The van der Waals surface area contributed by atoms with E-state index in [-0.39, 0.29) is 28.6 Å². The summed E-state index contributed by atoms with van der Waals surface area (Å²) in [5.41, 5.74) is 0.735. The van der Waals surface area contributed by atoms with Crippen molar-refractivity contribution in [3.05, 3.63) is 23.8 Å². The van der Waals surface area contributed by atoms with Crippen LogP contribution in [0.2, 0.25) is 0 Å². The number of nitrogens with zero attached hydrogens (tertiary/aromatic N) is 2. The first-order valence-electron chi connectivity index (χ1n) is 6.04. The summed E-state index contributed by atoms with van der Waals surface area (Å²) in [7, 11) is -2.98. The molecule has 2 aromatic rings. The molecule has 3 rings (SSSR count). The van der Waals surface area contributed by atoms with Crippen molar-refractivity contribution in [1.29, 1.82) is 0 Å². The summed E-state index contributed by atoms with van der Waals surface area (Å²) in [6, 6.07) is 4.95. The van der Waals surface area contributed by atoms with E-state index in [2.05, 4.69) is 4.98 Å². The van der Waals surface area contributed by atoms with Crippen molar-refractivity contribution in [2.45, 2.75) is 0 Å². The lowest BCUT2D eigenvalue weighted by molar-refractivity contribution is 0.0699. The van der Waals surface area contributed by atoms with E-state index in [9.17, 15) is 13.2 Å². The van der Waals surface area contributed by atoms with Crippen LogP contribution in [0, 0.1) is 0 Å².